The number of hydrogen-bond donors (Lipinski definition) is 2. The first-order chi connectivity index (χ1) is 10.1. The van der Waals surface area contributed by atoms with Crippen LogP contribution in [-0.4, -0.2) is 11.5 Å². The van der Waals surface area contributed by atoms with Crippen LogP contribution in [0.25, 0.3) is 0 Å². The zero-order valence-corrected chi connectivity index (χ0v) is 11.8. The van der Waals surface area contributed by atoms with Crippen molar-refractivity contribution in [2.75, 3.05) is 17.2 Å². The highest BCUT2D eigenvalue weighted by molar-refractivity contribution is 5.62. The summed E-state index contributed by atoms with van der Waals surface area (Å²) in [5.74, 6) is 0. The van der Waals surface area contributed by atoms with Gasteiger partial charge in [-0.1, -0.05) is 18.2 Å². The molecule has 5 nitrogen and oxygen atoms in total. The van der Waals surface area contributed by atoms with E-state index in [1.165, 1.54) is 16.8 Å². The van der Waals surface area contributed by atoms with E-state index >= 15 is 0 Å². The normalized spacial score (nSPS) is 12.6. The summed E-state index contributed by atoms with van der Waals surface area (Å²) in [6, 6.07) is 11.4. The summed E-state index contributed by atoms with van der Waals surface area (Å²) in [7, 11) is 0. The van der Waals surface area contributed by atoms with E-state index in [4.69, 9.17) is 0 Å². The Kier molecular flexibility index (Phi) is 3.48. The van der Waals surface area contributed by atoms with Crippen LogP contribution in [0.5, 0.6) is 0 Å². The molecular formula is C16H17N3O2. The molecule has 0 radical (unpaired) electrons. The van der Waals surface area contributed by atoms with Crippen molar-refractivity contribution in [1.82, 2.24) is 0 Å². The van der Waals surface area contributed by atoms with Crippen LogP contribution in [0.1, 0.15) is 16.7 Å². The number of rotatable bonds is 4. The van der Waals surface area contributed by atoms with Gasteiger partial charge in [0.2, 0.25) is 0 Å². The number of para-hydroxylation sites is 1. The summed E-state index contributed by atoms with van der Waals surface area (Å²) in [5, 5.41) is 17.6. The maximum absolute atomic E-state index is 10.8. The Morgan fingerprint density at radius 3 is 2.95 bits per heavy atom. The quantitative estimate of drug-likeness (QED) is 0.666. The summed E-state index contributed by atoms with van der Waals surface area (Å²) in [6.07, 6.45) is 1.07. The number of aryl methyl sites for hydroxylation is 1. The van der Waals surface area contributed by atoms with Gasteiger partial charge in [-0.2, -0.15) is 0 Å². The smallest absolute Gasteiger partial charge is 0.272 e. The van der Waals surface area contributed by atoms with Crippen molar-refractivity contribution in [3.63, 3.8) is 0 Å². The van der Waals surface area contributed by atoms with Crippen molar-refractivity contribution in [2.24, 2.45) is 0 Å². The Labute approximate surface area is 123 Å². The fourth-order valence-corrected chi connectivity index (χ4v) is 2.73. The van der Waals surface area contributed by atoms with E-state index in [1.54, 1.807) is 19.1 Å². The van der Waals surface area contributed by atoms with Gasteiger partial charge >= 0.3 is 0 Å². The molecule has 108 valence electrons. The molecule has 0 saturated carbocycles. The van der Waals surface area contributed by atoms with Crippen LogP contribution in [0.4, 0.5) is 17.1 Å². The molecule has 5 heteroatoms. The lowest BCUT2D eigenvalue weighted by Gasteiger charge is -2.11. The van der Waals surface area contributed by atoms with Crippen molar-refractivity contribution in [3.05, 3.63) is 63.2 Å². The summed E-state index contributed by atoms with van der Waals surface area (Å²) >= 11 is 0. The molecule has 21 heavy (non-hydrogen) atoms. The van der Waals surface area contributed by atoms with Crippen LogP contribution in [0.3, 0.4) is 0 Å². The molecule has 0 unspecified atom stereocenters. The molecule has 1 heterocycles. The largest absolute Gasteiger partial charge is 0.384 e. The second-order valence-corrected chi connectivity index (χ2v) is 5.24. The summed E-state index contributed by atoms with van der Waals surface area (Å²) in [6.45, 7) is 3.45. The fourth-order valence-electron chi connectivity index (χ4n) is 2.73. The second-order valence-electron chi connectivity index (χ2n) is 5.24. The molecule has 1 aliphatic rings. The summed E-state index contributed by atoms with van der Waals surface area (Å²) < 4.78 is 0. The van der Waals surface area contributed by atoms with E-state index in [2.05, 4.69) is 28.8 Å². The van der Waals surface area contributed by atoms with Crippen LogP contribution < -0.4 is 10.6 Å². The predicted molar refractivity (Wildman–Crippen MR) is 83.8 cm³/mol. The van der Waals surface area contributed by atoms with E-state index in [0.29, 0.717) is 12.1 Å². The van der Waals surface area contributed by atoms with Crippen molar-refractivity contribution in [1.29, 1.82) is 0 Å². The van der Waals surface area contributed by atoms with Crippen molar-refractivity contribution >= 4 is 17.1 Å². The average Bonchev–Trinajstić information content (AvgIpc) is 2.93. The van der Waals surface area contributed by atoms with Crippen LogP contribution in [0, 0.1) is 17.0 Å². The van der Waals surface area contributed by atoms with Crippen LogP contribution in [0.2, 0.25) is 0 Å². The molecule has 1 aliphatic heterocycles. The molecule has 0 bridgehead atoms. The Hall–Kier alpha value is -2.56. The van der Waals surface area contributed by atoms with E-state index in [9.17, 15) is 10.1 Å². The number of anilines is 2. The van der Waals surface area contributed by atoms with Crippen molar-refractivity contribution in [3.8, 4) is 0 Å². The second kappa shape index (κ2) is 5.44. The first kappa shape index (κ1) is 13.4. The highest BCUT2D eigenvalue weighted by atomic mass is 16.6. The van der Waals surface area contributed by atoms with Gasteiger partial charge < -0.3 is 10.6 Å². The zero-order valence-electron chi connectivity index (χ0n) is 11.8. The first-order valence-electron chi connectivity index (χ1n) is 6.99. The predicted octanol–water partition coefficient (Wildman–Crippen LogP) is 3.48. The number of nitro benzene ring substituents is 1. The molecule has 0 spiro atoms. The standard InChI is InChI=1S/C16H17N3O2/c1-11-9-14(5-6-15(11)19(20)21)18-10-13-4-2-3-12-7-8-17-16(12)13/h2-6,9,17-18H,7-8,10H2,1H3. The maximum atomic E-state index is 10.8. The highest BCUT2D eigenvalue weighted by Gasteiger charge is 2.14. The lowest BCUT2D eigenvalue weighted by molar-refractivity contribution is -0.385. The lowest BCUT2D eigenvalue weighted by Crippen LogP contribution is -2.03. The number of fused-ring (bicyclic) bond motifs is 1. The minimum Gasteiger partial charge on any atom is -0.384 e. The molecule has 2 N–H and O–H groups in total. The number of hydrogen-bond acceptors (Lipinski definition) is 4. The average molecular weight is 283 g/mol. The van der Waals surface area contributed by atoms with Crippen molar-refractivity contribution < 1.29 is 4.92 Å². The van der Waals surface area contributed by atoms with Gasteiger partial charge in [-0.3, -0.25) is 10.1 Å². The third kappa shape index (κ3) is 2.67. The number of nitrogens with one attached hydrogen (secondary N) is 2. The van der Waals surface area contributed by atoms with Gasteiger partial charge in [-0.15, -0.1) is 0 Å². The zero-order chi connectivity index (χ0) is 14.8. The number of benzene rings is 2. The monoisotopic (exact) mass is 283 g/mol. The highest BCUT2D eigenvalue weighted by Crippen LogP contribution is 2.27. The van der Waals surface area contributed by atoms with Gasteiger partial charge in [0, 0.05) is 36.1 Å². The summed E-state index contributed by atoms with van der Waals surface area (Å²) in [5.41, 5.74) is 5.52. The SMILES string of the molecule is Cc1cc(NCc2cccc3c2NCC3)ccc1[N+](=O)[O-]. The molecule has 3 rings (SSSR count). The van der Waals surface area contributed by atoms with Crippen LogP contribution in [-0.2, 0) is 13.0 Å². The maximum Gasteiger partial charge on any atom is 0.272 e. The molecule has 0 aromatic heterocycles. The van der Waals surface area contributed by atoms with Gasteiger partial charge in [0.1, 0.15) is 0 Å². The lowest BCUT2D eigenvalue weighted by atomic mass is 10.1. The van der Waals surface area contributed by atoms with Gasteiger partial charge in [-0.25, -0.2) is 0 Å². The number of nitro groups is 1. The summed E-state index contributed by atoms with van der Waals surface area (Å²) in [4.78, 5) is 10.5. The molecule has 0 fully saturated rings. The van der Waals surface area contributed by atoms with Gasteiger partial charge in [0.25, 0.3) is 5.69 Å². The minimum atomic E-state index is -0.354. The topological polar surface area (TPSA) is 67.2 Å². The fraction of sp³-hybridized carbons (Fsp3) is 0.250. The van der Waals surface area contributed by atoms with Gasteiger partial charge in [-0.05, 0) is 36.6 Å². The third-order valence-electron chi connectivity index (χ3n) is 3.81. The van der Waals surface area contributed by atoms with Crippen LogP contribution >= 0.6 is 0 Å². The molecule has 0 amide bonds. The molecule has 2 aromatic carbocycles. The molecule has 0 atom stereocenters. The molecule has 0 saturated heterocycles. The van der Waals surface area contributed by atoms with E-state index in [1.807, 2.05) is 6.07 Å². The Bertz CT molecular complexity index is 698. The van der Waals surface area contributed by atoms with Gasteiger partial charge in [0.05, 0.1) is 4.92 Å². The molecular weight excluding hydrogens is 266 g/mol. The minimum absolute atomic E-state index is 0.155. The molecule has 0 aliphatic carbocycles. The Morgan fingerprint density at radius 1 is 1.33 bits per heavy atom. The Balaban J connectivity index is 1.75. The Morgan fingerprint density at radius 2 is 2.19 bits per heavy atom. The van der Waals surface area contributed by atoms with E-state index < -0.39 is 0 Å². The van der Waals surface area contributed by atoms with E-state index in [-0.39, 0.29) is 10.6 Å². The third-order valence-corrected chi connectivity index (χ3v) is 3.81. The van der Waals surface area contributed by atoms with Gasteiger partial charge in [0.15, 0.2) is 0 Å². The van der Waals surface area contributed by atoms with E-state index in [0.717, 1.165) is 18.7 Å². The van der Waals surface area contributed by atoms with Crippen molar-refractivity contribution in [2.45, 2.75) is 19.9 Å². The molecule has 2 aromatic rings. The number of nitrogens with zero attached hydrogens (tertiary/aromatic N) is 1. The first-order valence-corrected chi connectivity index (χ1v) is 6.99. The van der Waals surface area contributed by atoms with Crippen LogP contribution in [0.15, 0.2) is 36.4 Å².